The third-order valence-corrected chi connectivity index (χ3v) is 5.55. The van der Waals surface area contributed by atoms with Crippen molar-refractivity contribution in [1.29, 1.82) is 0 Å². The van der Waals surface area contributed by atoms with Gasteiger partial charge in [0.05, 0.1) is 11.7 Å². The summed E-state index contributed by atoms with van der Waals surface area (Å²) in [6, 6.07) is 6.99. The molecule has 0 N–H and O–H groups in total. The van der Waals surface area contributed by atoms with Crippen LogP contribution in [0.3, 0.4) is 0 Å². The van der Waals surface area contributed by atoms with Gasteiger partial charge >= 0.3 is 0 Å². The van der Waals surface area contributed by atoms with E-state index in [0.29, 0.717) is 5.88 Å². The van der Waals surface area contributed by atoms with Gasteiger partial charge in [0.2, 0.25) is 0 Å². The highest BCUT2D eigenvalue weighted by atomic mass is 35.5. The Kier molecular flexibility index (Phi) is 4.85. The summed E-state index contributed by atoms with van der Waals surface area (Å²) in [6.07, 6.45) is 9.68. The molecule has 2 fully saturated rings. The molecule has 3 heteroatoms. The molecule has 1 heterocycles. The number of rotatable bonds is 4. The maximum absolute atomic E-state index is 13.9. The van der Waals surface area contributed by atoms with Crippen LogP contribution < -0.4 is 0 Å². The van der Waals surface area contributed by atoms with Crippen LogP contribution in [-0.2, 0) is 4.74 Å². The van der Waals surface area contributed by atoms with Crippen molar-refractivity contribution >= 4 is 11.6 Å². The van der Waals surface area contributed by atoms with Crippen LogP contribution in [0.1, 0.15) is 62.8 Å². The van der Waals surface area contributed by atoms with Gasteiger partial charge in [-0.2, -0.15) is 0 Å². The molecule has 116 valence electrons. The number of alkyl halides is 1. The smallest absolute Gasteiger partial charge is 0.126 e. The van der Waals surface area contributed by atoms with Crippen molar-refractivity contribution in [2.45, 2.75) is 69.0 Å². The Morgan fingerprint density at radius 3 is 2.67 bits per heavy atom. The van der Waals surface area contributed by atoms with Crippen molar-refractivity contribution in [3.8, 4) is 0 Å². The van der Waals surface area contributed by atoms with Crippen LogP contribution in [0.15, 0.2) is 24.3 Å². The highest BCUT2D eigenvalue weighted by Crippen LogP contribution is 2.44. The minimum atomic E-state index is -0.145. The zero-order chi connectivity index (χ0) is 14.7. The number of ether oxygens (including phenoxy) is 1. The lowest BCUT2D eigenvalue weighted by molar-refractivity contribution is -0.0669. The molecule has 0 amide bonds. The van der Waals surface area contributed by atoms with E-state index in [0.717, 1.165) is 18.4 Å². The standard InChI is InChI=1S/C18H24ClFO/c19-13-14(16-6-2-3-7-17(16)20)12-15-8-11-18(21-15)9-4-1-5-10-18/h2-3,6-7,14-15H,1,4-5,8-13H2. The van der Waals surface area contributed by atoms with E-state index in [4.69, 9.17) is 16.3 Å². The predicted molar refractivity (Wildman–Crippen MR) is 84.4 cm³/mol. The van der Waals surface area contributed by atoms with Gasteiger partial charge < -0.3 is 4.74 Å². The van der Waals surface area contributed by atoms with E-state index < -0.39 is 0 Å². The van der Waals surface area contributed by atoms with Crippen LogP contribution in [0.2, 0.25) is 0 Å². The first-order chi connectivity index (χ1) is 10.2. The molecule has 1 spiro atoms. The summed E-state index contributed by atoms with van der Waals surface area (Å²) in [5.41, 5.74) is 0.871. The van der Waals surface area contributed by atoms with Gasteiger partial charge in [0.25, 0.3) is 0 Å². The van der Waals surface area contributed by atoms with E-state index in [2.05, 4.69) is 0 Å². The monoisotopic (exact) mass is 310 g/mol. The Hall–Kier alpha value is -0.600. The fourth-order valence-corrected chi connectivity index (χ4v) is 4.31. The van der Waals surface area contributed by atoms with Crippen LogP contribution in [0.4, 0.5) is 4.39 Å². The van der Waals surface area contributed by atoms with Crippen molar-refractivity contribution in [3.63, 3.8) is 0 Å². The molecule has 21 heavy (non-hydrogen) atoms. The Morgan fingerprint density at radius 2 is 1.95 bits per heavy atom. The Bertz CT molecular complexity index is 470. The molecule has 2 atom stereocenters. The Balaban J connectivity index is 1.64. The molecule has 2 unspecified atom stereocenters. The molecule has 0 aromatic heterocycles. The average molecular weight is 311 g/mol. The summed E-state index contributed by atoms with van der Waals surface area (Å²) < 4.78 is 20.4. The quantitative estimate of drug-likeness (QED) is 0.675. The maximum Gasteiger partial charge on any atom is 0.126 e. The summed E-state index contributed by atoms with van der Waals surface area (Å²) in [4.78, 5) is 0. The lowest BCUT2D eigenvalue weighted by Gasteiger charge is -2.33. The van der Waals surface area contributed by atoms with E-state index in [-0.39, 0.29) is 23.4 Å². The van der Waals surface area contributed by atoms with Crippen LogP contribution in [0.25, 0.3) is 0 Å². The Labute approximate surface area is 131 Å². The van der Waals surface area contributed by atoms with Gasteiger partial charge in [-0.05, 0) is 43.7 Å². The van der Waals surface area contributed by atoms with E-state index in [1.54, 1.807) is 6.07 Å². The molecule has 1 aromatic carbocycles. The van der Waals surface area contributed by atoms with Crippen molar-refractivity contribution in [1.82, 2.24) is 0 Å². The zero-order valence-electron chi connectivity index (χ0n) is 12.5. The lowest BCUT2D eigenvalue weighted by atomic mass is 9.83. The number of hydrogen-bond acceptors (Lipinski definition) is 1. The molecule has 1 aromatic rings. The molecule has 1 saturated heterocycles. The predicted octanol–water partition coefficient (Wildman–Crippen LogP) is 5.42. The maximum atomic E-state index is 13.9. The molecular formula is C18H24ClFO. The second kappa shape index (κ2) is 6.66. The van der Waals surface area contributed by atoms with Crippen LogP contribution in [0.5, 0.6) is 0 Å². The summed E-state index contributed by atoms with van der Waals surface area (Å²) >= 11 is 6.11. The fourth-order valence-electron chi connectivity index (χ4n) is 4.02. The van der Waals surface area contributed by atoms with Crippen molar-refractivity contribution in [2.24, 2.45) is 0 Å². The molecule has 0 bridgehead atoms. The summed E-state index contributed by atoms with van der Waals surface area (Å²) in [7, 11) is 0. The first-order valence-electron chi connectivity index (χ1n) is 8.21. The molecule has 1 saturated carbocycles. The van der Waals surface area contributed by atoms with Crippen LogP contribution >= 0.6 is 11.6 Å². The summed E-state index contributed by atoms with van der Waals surface area (Å²) in [6.45, 7) is 0. The van der Waals surface area contributed by atoms with Gasteiger partial charge in [0.15, 0.2) is 0 Å². The third kappa shape index (κ3) is 3.43. The molecule has 1 nitrogen and oxygen atoms in total. The average Bonchev–Trinajstić information content (AvgIpc) is 2.89. The second-order valence-electron chi connectivity index (χ2n) is 6.63. The van der Waals surface area contributed by atoms with Gasteiger partial charge in [-0.1, -0.05) is 37.5 Å². The molecule has 2 aliphatic rings. The van der Waals surface area contributed by atoms with Gasteiger partial charge in [0, 0.05) is 11.8 Å². The highest BCUT2D eigenvalue weighted by molar-refractivity contribution is 6.18. The van der Waals surface area contributed by atoms with E-state index in [9.17, 15) is 4.39 Å². The minimum Gasteiger partial charge on any atom is -0.372 e. The second-order valence-corrected chi connectivity index (χ2v) is 6.94. The van der Waals surface area contributed by atoms with Gasteiger partial charge in [0.1, 0.15) is 5.82 Å². The van der Waals surface area contributed by atoms with E-state index >= 15 is 0 Å². The van der Waals surface area contributed by atoms with Gasteiger partial charge in [-0.25, -0.2) is 4.39 Å². The topological polar surface area (TPSA) is 9.23 Å². The molecule has 3 rings (SSSR count). The minimum absolute atomic E-state index is 0.0524. The lowest BCUT2D eigenvalue weighted by Crippen LogP contribution is -2.32. The fraction of sp³-hybridized carbons (Fsp3) is 0.667. The molecule has 1 aliphatic carbocycles. The van der Waals surface area contributed by atoms with Crippen molar-refractivity contribution < 1.29 is 9.13 Å². The Morgan fingerprint density at radius 1 is 1.19 bits per heavy atom. The number of halogens is 2. The first kappa shape index (κ1) is 15.3. The zero-order valence-corrected chi connectivity index (χ0v) is 13.2. The normalized spacial score (nSPS) is 26.1. The number of benzene rings is 1. The summed E-state index contributed by atoms with van der Waals surface area (Å²) in [5.74, 6) is 0.360. The van der Waals surface area contributed by atoms with Crippen LogP contribution in [-0.4, -0.2) is 17.6 Å². The van der Waals surface area contributed by atoms with Crippen molar-refractivity contribution in [2.75, 3.05) is 5.88 Å². The molecule has 1 aliphatic heterocycles. The van der Waals surface area contributed by atoms with E-state index in [1.807, 2.05) is 12.1 Å². The SMILES string of the molecule is Fc1ccccc1C(CCl)CC1CCC2(CCCCC2)O1. The van der Waals surface area contributed by atoms with Crippen LogP contribution in [0, 0.1) is 5.82 Å². The van der Waals surface area contributed by atoms with Gasteiger partial charge in [-0.3, -0.25) is 0 Å². The van der Waals surface area contributed by atoms with Crippen molar-refractivity contribution in [3.05, 3.63) is 35.6 Å². The summed E-state index contributed by atoms with van der Waals surface area (Å²) in [5, 5.41) is 0. The van der Waals surface area contributed by atoms with E-state index in [1.165, 1.54) is 44.6 Å². The third-order valence-electron chi connectivity index (χ3n) is 5.18. The molecular weight excluding hydrogens is 287 g/mol. The molecule has 0 radical (unpaired) electrons. The first-order valence-corrected chi connectivity index (χ1v) is 8.74. The highest BCUT2D eigenvalue weighted by Gasteiger charge is 2.41. The number of hydrogen-bond donors (Lipinski definition) is 0. The largest absolute Gasteiger partial charge is 0.372 e. The van der Waals surface area contributed by atoms with Gasteiger partial charge in [-0.15, -0.1) is 11.6 Å².